The van der Waals surface area contributed by atoms with Crippen LogP contribution in [0, 0.1) is 0 Å². The van der Waals surface area contributed by atoms with Gasteiger partial charge in [-0.3, -0.25) is 20.4 Å². The molecule has 0 heterocycles. The molecule has 6 heteroatoms. The Bertz CT molecular complexity index is 833. The van der Waals surface area contributed by atoms with E-state index in [1.54, 1.807) is 31.2 Å². The normalized spacial score (nSPS) is 13.4. The smallest absolute Gasteiger partial charge is 0.279 e. The van der Waals surface area contributed by atoms with Crippen LogP contribution < -0.4 is 20.3 Å². The van der Waals surface area contributed by atoms with E-state index in [1.165, 1.54) is 17.5 Å². The first-order valence-corrected chi connectivity index (χ1v) is 9.64. The van der Waals surface area contributed by atoms with Crippen molar-refractivity contribution in [1.29, 1.82) is 0 Å². The lowest BCUT2D eigenvalue weighted by molar-refractivity contribution is -0.132. The predicted octanol–water partition coefficient (Wildman–Crippen LogP) is 2.73. The standard InChI is InChI=1S/C22H26N2O4/c1-3-27-19-9-11-20(12-10-19)28-15(2)22(26)24-23-21(25)14-16-7-8-17-5-4-6-18(17)13-16/h7-13,15H,3-6,14H2,1-2H3,(H,23,25)(H,24,26)/t15-/m0/s1. The Balaban J connectivity index is 1.44. The zero-order valence-corrected chi connectivity index (χ0v) is 16.3. The van der Waals surface area contributed by atoms with Gasteiger partial charge in [0.1, 0.15) is 11.5 Å². The number of ether oxygens (including phenoxy) is 2. The summed E-state index contributed by atoms with van der Waals surface area (Å²) in [5, 5.41) is 0. The van der Waals surface area contributed by atoms with Crippen molar-refractivity contribution in [3.05, 3.63) is 59.2 Å². The van der Waals surface area contributed by atoms with E-state index in [4.69, 9.17) is 9.47 Å². The van der Waals surface area contributed by atoms with E-state index in [-0.39, 0.29) is 12.3 Å². The highest BCUT2D eigenvalue weighted by Crippen LogP contribution is 2.23. The number of benzene rings is 2. The van der Waals surface area contributed by atoms with Crippen LogP contribution in [-0.4, -0.2) is 24.5 Å². The monoisotopic (exact) mass is 382 g/mol. The SMILES string of the molecule is CCOc1ccc(O[C@@H](C)C(=O)NNC(=O)Cc2ccc3c(c2)CCC3)cc1. The minimum Gasteiger partial charge on any atom is -0.494 e. The number of aryl methyl sites for hydroxylation is 2. The molecular formula is C22H26N2O4. The molecular weight excluding hydrogens is 356 g/mol. The molecule has 0 radical (unpaired) electrons. The molecule has 28 heavy (non-hydrogen) atoms. The number of fused-ring (bicyclic) bond motifs is 1. The molecule has 148 valence electrons. The molecule has 0 saturated carbocycles. The van der Waals surface area contributed by atoms with Crippen LogP contribution in [0.1, 0.15) is 37.0 Å². The van der Waals surface area contributed by atoms with E-state index >= 15 is 0 Å². The molecule has 0 unspecified atom stereocenters. The van der Waals surface area contributed by atoms with Crippen LogP contribution in [0.3, 0.4) is 0 Å². The zero-order chi connectivity index (χ0) is 19.9. The highest BCUT2D eigenvalue weighted by atomic mass is 16.5. The van der Waals surface area contributed by atoms with Crippen molar-refractivity contribution in [2.75, 3.05) is 6.61 Å². The van der Waals surface area contributed by atoms with E-state index in [2.05, 4.69) is 23.0 Å². The summed E-state index contributed by atoms with van der Waals surface area (Å²) in [6, 6.07) is 13.2. The summed E-state index contributed by atoms with van der Waals surface area (Å²) in [7, 11) is 0. The molecule has 2 aromatic carbocycles. The fourth-order valence-electron chi connectivity index (χ4n) is 3.24. The number of amides is 2. The topological polar surface area (TPSA) is 76.7 Å². The first-order valence-electron chi connectivity index (χ1n) is 9.64. The van der Waals surface area contributed by atoms with Crippen LogP contribution >= 0.6 is 0 Å². The van der Waals surface area contributed by atoms with Gasteiger partial charge in [-0.15, -0.1) is 0 Å². The molecule has 0 aromatic heterocycles. The van der Waals surface area contributed by atoms with Gasteiger partial charge in [-0.1, -0.05) is 18.2 Å². The van der Waals surface area contributed by atoms with Gasteiger partial charge in [0.05, 0.1) is 13.0 Å². The zero-order valence-electron chi connectivity index (χ0n) is 16.3. The van der Waals surface area contributed by atoms with Crippen LogP contribution in [0.25, 0.3) is 0 Å². The minimum atomic E-state index is -0.752. The third-order valence-corrected chi connectivity index (χ3v) is 4.67. The molecule has 2 N–H and O–H groups in total. The van der Waals surface area contributed by atoms with Gasteiger partial charge in [-0.05, 0) is 74.1 Å². The average molecular weight is 382 g/mol. The van der Waals surface area contributed by atoms with Crippen LogP contribution in [0.5, 0.6) is 11.5 Å². The maximum absolute atomic E-state index is 12.2. The summed E-state index contributed by atoms with van der Waals surface area (Å²) in [6.45, 7) is 4.12. The second-order valence-corrected chi connectivity index (χ2v) is 6.84. The van der Waals surface area contributed by atoms with Crippen molar-refractivity contribution in [3.8, 4) is 11.5 Å². The minimum absolute atomic E-state index is 0.224. The van der Waals surface area contributed by atoms with Crippen molar-refractivity contribution in [2.45, 2.75) is 45.6 Å². The molecule has 0 aliphatic heterocycles. The fraction of sp³-hybridized carbons (Fsp3) is 0.364. The molecule has 0 fully saturated rings. The van der Waals surface area contributed by atoms with Crippen LogP contribution in [0.2, 0.25) is 0 Å². The summed E-state index contributed by atoms with van der Waals surface area (Å²) in [4.78, 5) is 24.3. The summed E-state index contributed by atoms with van der Waals surface area (Å²) >= 11 is 0. The molecule has 2 aromatic rings. The summed E-state index contributed by atoms with van der Waals surface area (Å²) in [5.74, 6) is 0.608. The fourth-order valence-corrected chi connectivity index (χ4v) is 3.24. The summed E-state index contributed by atoms with van der Waals surface area (Å²) in [6.07, 6.45) is 2.83. The first kappa shape index (κ1) is 19.7. The van der Waals surface area contributed by atoms with Crippen molar-refractivity contribution < 1.29 is 19.1 Å². The number of rotatable bonds is 7. The van der Waals surface area contributed by atoms with Crippen molar-refractivity contribution in [3.63, 3.8) is 0 Å². The summed E-state index contributed by atoms with van der Waals surface area (Å²) < 4.78 is 11.0. The van der Waals surface area contributed by atoms with Crippen LogP contribution in [0.4, 0.5) is 0 Å². The Morgan fingerprint density at radius 2 is 1.71 bits per heavy atom. The second-order valence-electron chi connectivity index (χ2n) is 6.84. The molecule has 3 rings (SSSR count). The lowest BCUT2D eigenvalue weighted by Gasteiger charge is -2.15. The first-order chi connectivity index (χ1) is 13.5. The van der Waals surface area contributed by atoms with Crippen LogP contribution in [0.15, 0.2) is 42.5 Å². The maximum Gasteiger partial charge on any atom is 0.279 e. The number of carbonyl (C=O) groups is 2. The van der Waals surface area contributed by atoms with Gasteiger partial charge in [0.25, 0.3) is 5.91 Å². The Kier molecular flexibility index (Phi) is 6.53. The van der Waals surface area contributed by atoms with E-state index in [9.17, 15) is 9.59 Å². The van der Waals surface area contributed by atoms with E-state index in [1.807, 2.05) is 13.0 Å². The molecule has 6 nitrogen and oxygen atoms in total. The molecule has 1 aliphatic carbocycles. The maximum atomic E-state index is 12.2. The largest absolute Gasteiger partial charge is 0.494 e. The molecule has 1 aliphatic rings. The van der Waals surface area contributed by atoms with Crippen molar-refractivity contribution in [1.82, 2.24) is 10.9 Å². The quantitative estimate of drug-likeness (QED) is 0.722. The average Bonchev–Trinajstić information content (AvgIpc) is 3.15. The van der Waals surface area contributed by atoms with Crippen molar-refractivity contribution >= 4 is 11.8 Å². The molecule has 2 amide bonds. The van der Waals surface area contributed by atoms with E-state index in [0.29, 0.717) is 12.4 Å². The summed E-state index contributed by atoms with van der Waals surface area (Å²) in [5.41, 5.74) is 8.52. The molecule has 0 spiro atoms. The van der Waals surface area contributed by atoms with Gasteiger partial charge in [-0.25, -0.2) is 0 Å². The highest BCUT2D eigenvalue weighted by molar-refractivity contribution is 5.85. The third-order valence-electron chi connectivity index (χ3n) is 4.67. The second kappa shape index (κ2) is 9.26. The van der Waals surface area contributed by atoms with E-state index < -0.39 is 12.0 Å². The van der Waals surface area contributed by atoms with Gasteiger partial charge in [0.15, 0.2) is 6.10 Å². The molecule has 1 atom stereocenters. The predicted molar refractivity (Wildman–Crippen MR) is 106 cm³/mol. The van der Waals surface area contributed by atoms with Gasteiger partial charge >= 0.3 is 0 Å². The number of hydrazine groups is 1. The van der Waals surface area contributed by atoms with Crippen LogP contribution in [-0.2, 0) is 28.9 Å². The van der Waals surface area contributed by atoms with Crippen molar-refractivity contribution in [2.24, 2.45) is 0 Å². The van der Waals surface area contributed by atoms with Gasteiger partial charge in [0, 0.05) is 0 Å². The van der Waals surface area contributed by atoms with Gasteiger partial charge in [0.2, 0.25) is 5.91 Å². The lowest BCUT2D eigenvalue weighted by Crippen LogP contribution is -2.47. The Morgan fingerprint density at radius 1 is 1.00 bits per heavy atom. The Labute approximate surface area is 165 Å². The third kappa shape index (κ3) is 5.25. The lowest BCUT2D eigenvalue weighted by atomic mass is 10.0. The molecule has 0 bridgehead atoms. The number of nitrogens with one attached hydrogen (secondary N) is 2. The number of hydrogen-bond acceptors (Lipinski definition) is 4. The Hall–Kier alpha value is -3.02. The Morgan fingerprint density at radius 3 is 2.46 bits per heavy atom. The van der Waals surface area contributed by atoms with Gasteiger partial charge < -0.3 is 9.47 Å². The van der Waals surface area contributed by atoms with E-state index in [0.717, 1.165) is 24.2 Å². The highest BCUT2D eigenvalue weighted by Gasteiger charge is 2.16. The number of carbonyl (C=O) groups excluding carboxylic acids is 2. The van der Waals surface area contributed by atoms with Gasteiger partial charge in [-0.2, -0.15) is 0 Å². The number of hydrogen-bond donors (Lipinski definition) is 2. The molecule has 0 saturated heterocycles.